The monoisotopic (exact) mass is 253 g/mol. The minimum absolute atomic E-state index is 0.148. The fourth-order valence-electron chi connectivity index (χ4n) is 2.30. The maximum absolute atomic E-state index is 5.81. The Balaban J connectivity index is 0.00000137. The summed E-state index contributed by atoms with van der Waals surface area (Å²) in [7, 11) is 0. The smallest absolute Gasteiger partial charge is 0.174 e. The molecule has 0 saturated heterocycles. The number of hydrogen-bond acceptors (Lipinski definition) is 3. The molecule has 1 aliphatic rings. The highest BCUT2D eigenvalue weighted by Crippen LogP contribution is 2.37. The first-order valence-corrected chi connectivity index (χ1v) is 6.47. The van der Waals surface area contributed by atoms with Gasteiger partial charge in [0.25, 0.3) is 0 Å². The van der Waals surface area contributed by atoms with Gasteiger partial charge in [0.2, 0.25) is 0 Å². The van der Waals surface area contributed by atoms with E-state index in [-0.39, 0.29) is 12.4 Å². The van der Waals surface area contributed by atoms with Crippen molar-refractivity contribution in [1.82, 2.24) is 0 Å². The number of allylic oxidation sites excluding steroid dienone is 3. The summed E-state index contributed by atoms with van der Waals surface area (Å²) in [5.41, 5.74) is 2.71. The van der Waals surface area contributed by atoms with Crippen LogP contribution in [0.15, 0.2) is 36.5 Å². The lowest BCUT2D eigenvalue weighted by atomic mass is 9.99. The van der Waals surface area contributed by atoms with Gasteiger partial charge in [0, 0.05) is 0 Å². The van der Waals surface area contributed by atoms with E-state index in [0.717, 1.165) is 12.8 Å². The lowest BCUT2D eigenvalue weighted by Gasteiger charge is -2.23. The van der Waals surface area contributed by atoms with Crippen LogP contribution in [0.3, 0.4) is 0 Å². The summed E-state index contributed by atoms with van der Waals surface area (Å²) >= 11 is 0. The van der Waals surface area contributed by atoms with Crippen LogP contribution in [0.4, 0.5) is 0 Å². The van der Waals surface area contributed by atoms with E-state index in [2.05, 4.69) is 44.0 Å². The van der Waals surface area contributed by atoms with E-state index in [4.69, 9.17) is 10.6 Å². The molecule has 0 amide bonds. The van der Waals surface area contributed by atoms with Crippen LogP contribution < -0.4 is 5.90 Å². The van der Waals surface area contributed by atoms with Gasteiger partial charge in [-0.3, -0.25) is 4.84 Å². The summed E-state index contributed by atoms with van der Waals surface area (Å²) in [5, 5.41) is 0. The number of hydrogen-bond donors (Lipinski definition) is 1. The van der Waals surface area contributed by atoms with Crippen molar-refractivity contribution < 1.29 is 9.57 Å². The molecule has 104 valence electrons. The Bertz CT molecular complexity index is 297. The van der Waals surface area contributed by atoms with Gasteiger partial charge in [-0.2, -0.15) is 0 Å². The second-order valence-corrected chi connectivity index (χ2v) is 4.34. The zero-order valence-electron chi connectivity index (χ0n) is 12.1. The standard InChI is InChI=1S/C13H23NO2.C2H4/c1-5-7-12-8-11(6-2)13(9(12)3)15-10(4)16-14;1-2/h5,7,10-11,13H,6,8,14H2,1-4H3;1-2H2/b7-5-;/t10?,11-,13+;/m1./s1. The van der Waals surface area contributed by atoms with Crippen molar-refractivity contribution in [2.75, 3.05) is 0 Å². The van der Waals surface area contributed by atoms with E-state index in [1.807, 2.05) is 13.8 Å². The van der Waals surface area contributed by atoms with Crippen LogP contribution in [-0.4, -0.2) is 12.4 Å². The first-order chi connectivity index (χ1) is 8.63. The van der Waals surface area contributed by atoms with Gasteiger partial charge in [0.15, 0.2) is 6.29 Å². The van der Waals surface area contributed by atoms with Crippen molar-refractivity contribution in [3.8, 4) is 0 Å². The highest BCUT2D eigenvalue weighted by Gasteiger charge is 2.32. The fourth-order valence-corrected chi connectivity index (χ4v) is 2.30. The quantitative estimate of drug-likeness (QED) is 0.461. The number of ether oxygens (including phenoxy) is 1. The number of nitrogens with two attached hydrogens (primary N) is 1. The van der Waals surface area contributed by atoms with E-state index >= 15 is 0 Å². The Morgan fingerprint density at radius 1 is 1.50 bits per heavy atom. The molecule has 0 aromatic carbocycles. The van der Waals surface area contributed by atoms with E-state index in [1.54, 1.807) is 0 Å². The Hall–Kier alpha value is -0.900. The van der Waals surface area contributed by atoms with E-state index in [1.165, 1.54) is 11.1 Å². The summed E-state index contributed by atoms with van der Waals surface area (Å²) in [6.07, 6.45) is 6.26. The Kier molecular flexibility index (Phi) is 8.63. The van der Waals surface area contributed by atoms with Crippen molar-refractivity contribution in [3.05, 3.63) is 36.5 Å². The van der Waals surface area contributed by atoms with Crippen LogP contribution in [0.25, 0.3) is 0 Å². The maximum atomic E-state index is 5.81. The normalized spacial score (nSPS) is 25.2. The molecular weight excluding hydrogens is 226 g/mol. The topological polar surface area (TPSA) is 44.5 Å². The van der Waals surface area contributed by atoms with Crippen molar-refractivity contribution in [2.24, 2.45) is 11.8 Å². The molecule has 1 aliphatic carbocycles. The molecule has 3 nitrogen and oxygen atoms in total. The third-order valence-electron chi connectivity index (χ3n) is 3.27. The third kappa shape index (κ3) is 4.41. The highest BCUT2D eigenvalue weighted by molar-refractivity contribution is 5.33. The molecule has 0 aliphatic heterocycles. The first-order valence-electron chi connectivity index (χ1n) is 6.47. The van der Waals surface area contributed by atoms with Crippen molar-refractivity contribution in [1.29, 1.82) is 0 Å². The number of rotatable bonds is 5. The minimum Gasteiger partial charge on any atom is -0.343 e. The van der Waals surface area contributed by atoms with Crippen molar-refractivity contribution in [2.45, 2.75) is 52.9 Å². The zero-order valence-corrected chi connectivity index (χ0v) is 12.1. The minimum atomic E-state index is -0.348. The molecule has 18 heavy (non-hydrogen) atoms. The summed E-state index contributed by atoms with van der Waals surface area (Å²) in [6, 6.07) is 0. The Morgan fingerprint density at radius 2 is 2.11 bits per heavy atom. The summed E-state index contributed by atoms with van der Waals surface area (Å²) in [6.45, 7) is 14.2. The van der Waals surface area contributed by atoms with Gasteiger partial charge in [-0.1, -0.05) is 25.5 Å². The average molecular weight is 253 g/mol. The molecule has 0 aromatic rings. The molecule has 3 heteroatoms. The van der Waals surface area contributed by atoms with Gasteiger partial charge in [-0.05, 0) is 44.3 Å². The van der Waals surface area contributed by atoms with E-state index in [9.17, 15) is 0 Å². The van der Waals surface area contributed by atoms with Crippen LogP contribution in [0.5, 0.6) is 0 Å². The molecule has 0 bridgehead atoms. The van der Waals surface area contributed by atoms with Gasteiger partial charge in [-0.25, -0.2) is 5.90 Å². The lowest BCUT2D eigenvalue weighted by Crippen LogP contribution is -2.28. The van der Waals surface area contributed by atoms with Crippen LogP contribution in [0, 0.1) is 5.92 Å². The molecule has 3 atom stereocenters. The largest absolute Gasteiger partial charge is 0.343 e. The Labute approximate surface area is 111 Å². The fraction of sp³-hybridized carbons (Fsp3) is 0.600. The predicted octanol–water partition coefficient (Wildman–Crippen LogP) is 3.73. The van der Waals surface area contributed by atoms with Gasteiger partial charge in [0.1, 0.15) is 0 Å². The molecule has 2 N–H and O–H groups in total. The molecule has 0 radical (unpaired) electrons. The molecule has 1 rings (SSSR count). The maximum Gasteiger partial charge on any atom is 0.174 e. The molecule has 0 aromatic heterocycles. The van der Waals surface area contributed by atoms with Crippen LogP contribution in [0.2, 0.25) is 0 Å². The zero-order chi connectivity index (χ0) is 14.1. The van der Waals surface area contributed by atoms with E-state index < -0.39 is 0 Å². The molecular formula is C15H27NO2. The molecule has 0 saturated carbocycles. The summed E-state index contributed by atoms with van der Waals surface area (Å²) < 4.78 is 5.81. The van der Waals surface area contributed by atoms with Gasteiger partial charge >= 0.3 is 0 Å². The predicted molar refractivity (Wildman–Crippen MR) is 76.8 cm³/mol. The van der Waals surface area contributed by atoms with Crippen LogP contribution in [-0.2, 0) is 9.57 Å². The van der Waals surface area contributed by atoms with Crippen LogP contribution >= 0.6 is 0 Å². The van der Waals surface area contributed by atoms with Gasteiger partial charge in [-0.15, -0.1) is 13.2 Å². The second kappa shape index (κ2) is 9.09. The van der Waals surface area contributed by atoms with Crippen LogP contribution in [0.1, 0.15) is 40.5 Å². The molecule has 1 unspecified atom stereocenters. The highest BCUT2D eigenvalue weighted by atomic mass is 16.8. The Morgan fingerprint density at radius 3 is 2.56 bits per heavy atom. The second-order valence-electron chi connectivity index (χ2n) is 4.34. The van der Waals surface area contributed by atoms with Gasteiger partial charge < -0.3 is 4.74 Å². The van der Waals surface area contributed by atoms with Crippen molar-refractivity contribution in [3.63, 3.8) is 0 Å². The van der Waals surface area contributed by atoms with Gasteiger partial charge in [0.05, 0.1) is 6.10 Å². The first kappa shape index (κ1) is 17.1. The third-order valence-corrected chi connectivity index (χ3v) is 3.27. The van der Waals surface area contributed by atoms with E-state index in [0.29, 0.717) is 5.92 Å². The van der Waals surface area contributed by atoms with Crippen molar-refractivity contribution >= 4 is 0 Å². The molecule has 0 fully saturated rings. The SMILES string of the molecule is C/C=C\C1=C(C)[C@H](OC(C)ON)[C@H](CC)C1.C=C. The molecule has 0 heterocycles. The summed E-state index contributed by atoms with van der Waals surface area (Å²) in [5.74, 6) is 5.67. The molecule has 0 spiro atoms. The summed E-state index contributed by atoms with van der Waals surface area (Å²) in [4.78, 5) is 4.69. The average Bonchev–Trinajstić information content (AvgIpc) is 2.70. The lowest BCUT2D eigenvalue weighted by molar-refractivity contribution is -0.162.